The minimum Gasteiger partial charge on any atom is -0.319 e. The Morgan fingerprint density at radius 3 is 2.82 bits per heavy atom. The third kappa shape index (κ3) is 3.97. The first kappa shape index (κ1) is 18.0. The average Bonchev–Trinajstić information content (AvgIpc) is 3.16. The van der Waals surface area contributed by atoms with Crippen molar-refractivity contribution in [2.45, 2.75) is 12.6 Å². The van der Waals surface area contributed by atoms with Gasteiger partial charge in [0.2, 0.25) is 0 Å². The Labute approximate surface area is 164 Å². The van der Waals surface area contributed by atoms with E-state index in [1.165, 1.54) is 12.4 Å². The Kier molecular flexibility index (Phi) is 4.96. The molecule has 0 spiro atoms. The summed E-state index contributed by atoms with van der Waals surface area (Å²) < 4.78 is 26.3. The summed E-state index contributed by atoms with van der Waals surface area (Å²) in [5, 5.41) is 3.61. The number of benzene rings is 2. The molecule has 2 aromatic carbocycles. The van der Waals surface area contributed by atoms with Crippen LogP contribution >= 0.6 is 11.6 Å². The molecule has 0 saturated heterocycles. The molecule has 8 heteroatoms. The molecular formula is C20H12ClF2N5. The summed E-state index contributed by atoms with van der Waals surface area (Å²) in [6.45, 7) is 0.378. The van der Waals surface area contributed by atoms with Crippen LogP contribution in [0.2, 0.25) is 5.02 Å². The summed E-state index contributed by atoms with van der Waals surface area (Å²) in [4.78, 5) is 17.3. The molecule has 4 rings (SSSR count). The van der Waals surface area contributed by atoms with Crippen LogP contribution in [0.3, 0.4) is 0 Å². The van der Waals surface area contributed by atoms with E-state index in [0.717, 1.165) is 17.7 Å². The molecule has 2 aliphatic rings. The Bertz CT molecular complexity index is 1120. The number of fused-ring (bicyclic) bond motifs is 1. The Morgan fingerprint density at radius 1 is 1.11 bits per heavy atom. The van der Waals surface area contributed by atoms with Gasteiger partial charge in [0.15, 0.2) is 29.3 Å². The first-order valence-corrected chi connectivity index (χ1v) is 8.67. The van der Waals surface area contributed by atoms with Crippen molar-refractivity contribution in [1.82, 2.24) is 5.32 Å². The summed E-state index contributed by atoms with van der Waals surface area (Å²) >= 11 is 6.00. The number of halogens is 3. The van der Waals surface area contributed by atoms with Crippen molar-refractivity contribution in [3.8, 4) is 11.8 Å². The minimum atomic E-state index is -0.956. The molecule has 2 aliphatic heterocycles. The maximum Gasteiger partial charge on any atom is 0.186 e. The van der Waals surface area contributed by atoms with E-state index < -0.39 is 17.7 Å². The van der Waals surface area contributed by atoms with Crippen LogP contribution in [0.25, 0.3) is 0 Å². The monoisotopic (exact) mass is 395 g/mol. The smallest absolute Gasteiger partial charge is 0.186 e. The van der Waals surface area contributed by atoms with E-state index >= 15 is 0 Å². The van der Waals surface area contributed by atoms with E-state index in [9.17, 15) is 8.78 Å². The van der Waals surface area contributed by atoms with Crippen molar-refractivity contribution >= 4 is 35.4 Å². The number of rotatable bonds is 2. The van der Waals surface area contributed by atoms with E-state index in [4.69, 9.17) is 11.6 Å². The molecule has 1 N–H and O–H groups in total. The highest BCUT2D eigenvalue weighted by atomic mass is 35.5. The number of amidine groups is 3. The SMILES string of the molecule is Fc1ccc(C#CC2=NC(=NCc3cccc(Cl)c3)C3N=CN=C3N2)cc1F. The van der Waals surface area contributed by atoms with Crippen molar-refractivity contribution in [1.29, 1.82) is 0 Å². The van der Waals surface area contributed by atoms with Gasteiger partial charge in [0.1, 0.15) is 12.2 Å². The fourth-order valence-electron chi connectivity index (χ4n) is 2.61. The van der Waals surface area contributed by atoms with Gasteiger partial charge in [-0.15, -0.1) is 0 Å². The lowest BCUT2D eigenvalue weighted by atomic mass is 10.2. The third-order valence-electron chi connectivity index (χ3n) is 3.95. The summed E-state index contributed by atoms with van der Waals surface area (Å²) in [7, 11) is 0. The topological polar surface area (TPSA) is 61.5 Å². The van der Waals surface area contributed by atoms with E-state index in [2.05, 4.69) is 37.1 Å². The van der Waals surface area contributed by atoms with Crippen LogP contribution in [-0.4, -0.2) is 29.9 Å². The Balaban J connectivity index is 1.61. The van der Waals surface area contributed by atoms with Crippen molar-refractivity contribution in [2.24, 2.45) is 20.0 Å². The maximum absolute atomic E-state index is 13.3. The van der Waals surface area contributed by atoms with Gasteiger partial charge in [-0.2, -0.15) is 0 Å². The number of hydrogen-bond acceptors (Lipinski definition) is 4. The zero-order valence-electron chi connectivity index (χ0n) is 14.3. The van der Waals surface area contributed by atoms with Crippen molar-refractivity contribution in [3.63, 3.8) is 0 Å². The Hall–Kier alpha value is -3.37. The van der Waals surface area contributed by atoms with Gasteiger partial charge in [0.25, 0.3) is 0 Å². The van der Waals surface area contributed by atoms with Crippen LogP contribution in [0.1, 0.15) is 11.1 Å². The number of nitrogens with zero attached hydrogens (tertiary/aromatic N) is 4. The summed E-state index contributed by atoms with van der Waals surface area (Å²) in [5.41, 5.74) is 1.26. The van der Waals surface area contributed by atoms with E-state index in [1.807, 2.05) is 18.2 Å². The lowest BCUT2D eigenvalue weighted by molar-refractivity contribution is 0.508. The molecule has 0 aliphatic carbocycles. The van der Waals surface area contributed by atoms with Crippen LogP contribution in [0.5, 0.6) is 0 Å². The van der Waals surface area contributed by atoms with E-state index in [0.29, 0.717) is 34.6 Å². The Morgan fingerprint density at radius 2 is 2.00 bits per heavy atom. The van der Waals surface area contributed by atoms with Crippen molar-refractivity contribution in [3.05, 3.63) is 70.2 Å². The minimum absolute atomic E-state index is 0.301. The van der Waals surface area contributed by atoms with Gasteiger partial charge < -0.3 is 5.32 Å². The second-order valence-electron chi connectivity index (χ2n) is 5.95. The molecule has 1 atom stereocenters. The van der Waals surface area contributed by atoms with Gasteiger partial charge in [0, 0.05) is 10.6 Å². The van der Waals surface area contributed by atoms with Gasteiger partial charge >= 0.3 is 0 Å². The zero-order valence-corrected chi connectivity index (χ0v) is 15.1. The molecular weight excluding hydrogens is 384 g/mol. The highest BCUT2D eigenvalue weighted by Gasteiger charge is 2.29. The molecule has 0 bridgehead atoms. The fraction of sp³-hybridized carbons (Fsp3) is 0.100. The quantitative estimate of drug-likeness (QED) is 0.778. The van der Waals surface area contributed by atoms with Crippen LogP contribution in [0, 0.1) is 23.5 Å². The highest BCUT2D eigenvalue weighted by Crippen LogP contribution is 2.14. The van der Waals surface area contributed by atoms with Gasteiger partial charge in [-0.05, 0) is 41.8 Å². The normalized spacial score (nSPS) is 18.7. The largest absolute Gasteiger partial charge is 0.319 e. The van der Waals surface area contributed by atoms with E-state index in [1.54, 1.807) is 6.07 Å². The second kappa shape index (κ2) is 7.71. The van der Waals surface area contributed by atoms with Crippen LogP contribution in [-0.2, 0) is 6.54 Å². The maximum atomic E-state index is 13.3. The van der Waals surface area contributed by atoms with E-state index in [-0.39, 0.29) is 0 Å². The number of aliphatic imine (C=N–C) groups is 4. The molecule has 0 fully saturated rings. The first-order valence-electron chi connectivity index (χ1n) is 8.29. The zero-order chi connectivity index (χ0) is 19.5. The molecule has 2 aromatic rings. The molecule has 0 aromatic heterocycles. The van der Waals surface area contributed by atoms with Crippen LogP contribution in [0.15, 0.2) is 62.4 Å². The lowest BCUT2D eigenvalue weighted by Gasteiger charge is -2.18. The fourth-order valence-corrected chi connectivity index (χ4v) is 2.82. The van der Waals surface area contributed by atoms with Crippen LogP contribution in [0.4, 0.5) is 8.78 Å². The molecule has 1 unspecified atom stereocenters. The summed E-state index contributed by atoms with van der Waals surface area (Å²) in [6.07, 6.45) is 1.43. The molecule has 28 heavy (non-hydrogen) atoms. The van der Waals surface area contributed by atoms with Crippen LogP contribution < -0.4 is 5.32 Å². The molecule has 0 amide bonds. The molecule has 0 saturated carbocycles. The first-order chi connectivity index (χ1) is 13.6. The second-order valence-corrected chi connectivity index (χ2v) is 6.39. The lowest BCUT2D eigenvalue weighted by Crippen LogP contribution is -2.44. The highest BCUT2D eigenvalue weighted by molar-refractivity contribution is 6.30. The molecule has 0 radical (unpaired) electrons. The van der Waals surface area contributed by atoms with Crippen molar-refractivity contribution in [2.75, 3.05) is 0 Å². The van der Waals surface area contributed by atoms with Gasteiger partial charge in [-0.1, -0.05) is 29.7 Å². The number of nitrogens with one attached hydrogen (secondary N) is 1. The third-order valence-corrected chi connectivity index (χ3v) is 4.18. The predicted octanol–water partition coefficient (Wildman–Crippen LogP) is 3.38. The van der Waals surface area contributed by atoms with Crippen molar-refractivity contribution < 1.29 is 8.78 Å². The molecule has 2 heterocycles. The average molecular weight is 396 g/mol. The standard InChI is InChI=1S/C20H12ClF2N5/c21-14-3-1-2-13(8-14)10-24-19-18-20(26-11-25-18)28-17(27-19)7-5-12-4-6-15(22)16(23)9-12/h1-4,6,8-9,11,18H,10H2,(H,24,25,26,27,28). The van der Waals surface area contributed by atoms with Gasteiger partial charge in [-0.25, -0.2) is 18.8 Å². The molecule has 138 valence electrons. The predicted molar refractivity (Wildman–Crippen MR) is 106 cm³/mol. The van der Waals surface area contributed by atoms with Gasteiger partial charge in [0.05, 0.1) is 6.54 Å². The summed E-state index contributed by atoms with van der Waals surface area (Å²) in [6, 6.07) is 10.4. The number of hydrogen-bond donors (Lipinski definition) is 1. The van der Waals surface area contributed by atoms with Gasteiger partial charge in [-0.3, -0.25) is 9.98 Å². The molecule has 5 nitrogen and oxygen atoms in total. The summed E-state index contributed by atoms with van der Waals surface area (Å²) in [5.74, 6) is 4.99.